The number of para-hydroxylation sites is 1. The summed E-state index contributed by atoms with van der Waals surface area (Å²) in [6, 6.07) is 25.2. The van der Waals surface area contributed by atoms with Gasteiger partial charge in [0, 0.05) is 18.5 Å². The van der Waals surface area contributed by atoms with Crippen molar-refractivity contribution in [3.63, 3.8) is 0 Å². The van der Waals surface area contributed by atoms with Crippen molar-refractivity contribution in [3.8, 4) is 5.75 Å². The molecule has 2 atom stereocenters. The number of nitrogens with zero attached hydrogens (tertiary/aromatic N) is 3. The molecule has 0 aromatic heterocycles. The maximum absolute atomic E-state index is 12.8. The molecule has 8 heteroatoms. The van der Waals surface area contributed by atoms with Crippen LogP contribution in [0, 0.1) is 6.92 Å². The fraction of sp³-hybridized carbons (Fsp3) is 0.214. The number of rotatable bonds is 6. The molecule has 3 aromatic carbocycles. The molecule has 0 saturated heterocycles. The number of nitrogens with one attached hydrogen (secondary N) is 1. The molecule has 5 rings (SSSR count). The molecule has 0 unspecified atom stereocenters. The van der Waals surface area contributed by atoms with Crippen molar-refractivity contribution in [1.82, 2.24) is 5.01 Å². The summed E-state index contributed by atoms with van der Waals surface area (Å²) in [7, 11) is 1.64. The zero-order valence-corrected chi connectivity index (χ0v) is 20.9. The molecule has 0 fully saturated rings. The second-order valence-corrected chi connectivity index (χ2v) is 9.88. The summed E-state index contributed by atoms with van der Waals surface area (Å²) >= 11 is 1.30. The van der Waals surface area contributed by atoms with Crippen LogP contribution in [-0.2, 0) is 9.59 Å². The van der Waals surface area contributed by atoms with Crippen LogP contribution in [0.1, 0.15) is 35.6 Å². The standard InChI is InChI=1S/C28H26N4O3S/c1-18-8-10-20(11-9-18)24-16-23(19-12-14-22(35-2)15-13-19)31-32(24)28-30-27(34)25(36-28)17-26(33)29-21-6-4-3-5-7-21/h3-15,24-25H,16-17H2,1-2H3,(H,29,33)/t24-,25+/m0/s1. The minimum atomic E-state index is -0.581. The molecule has 182 valence electrons. The molecule has 36 heavy (non-hydrogen) atoms. The van der Waals surface area contributed by atoms with E-state index >= 15 is 0 Å². The Morgan fingerprint density at radius 3 is 2.47 bits per heavy atom. The van der Waals surface area contributed by atoms with Gasteiger partial charge in [0.2, 0.25) is 5.91 Å². The van der Waals surface area contributed by atoms with Gasteiger partial charge in [0.1, 0.15) is 11.0 Å². The SMILES string of the molecule is COc1ccc(C2=NN(C3=NC(=O)[C@@H](CC(=O)Nc4ccccc4)S3)[C@H](c3ccc(C)cc3)C2)cc1. The van der Waals surface area contributed by atoms with Crippen molar-refractivity contribution in [1.29, 1.82) is 0 Å². The van der Waals surface area contributed by atoms with Gasteiger partial charge in [-0.15, -0.1) is 0 Å². The van der Waals surface area contributed by atoms with E-state index in [0.29, 0.717) is 17.3 Å². The largest absolute Gasteiger partial charge is 0.497 e. The molecule has 2 aliphatic heterocycles. The van der Waals surface area contributed by atoms with E-state index in [1.807, 2.05) is 59.6 Å². The molecule has 0 aliphatic carbocycles. The third-order valence-corrected chi connectivity index (χ3v) is 7.29. The van der Waals surface area contributed by atoms with Gasteiger partial charge in [0.05, 0.1) is 18.9 Å². The monoisotopic (exact) mass is 498 g/mol. The van der Waals surface area contributed by atoms with Crippen LogP contribution in [0.15, 0.2) is 89.0 Å². The Bertz CT molecular complexity index is 1320. The predicted molar refractivity (Wildman–Crippen MR) is 143 cm³/mol. The molecular formula is C28H26N4O3S. The van der Waals surface area contributed by atoms with Crippen LogP contribution in [0.2, 0.25) is 0 Å². The molecule has 0 radical (unpaired) electrons. The second kappa shape index (κ2) is 10.4. The zero-order valence-electron chi connectivity index (χ0n) is 20.0. The Morgan fingerprint density at radius 1 is 1.06 bits per heavy atom. The van der Waals surface area contributed by atoms with Crippen LogP contribution < -0.4 is 10.1 Å². The molecule has 2 aliphatic rings. The van der Waals surface area contributed by atoms with Crippen LogP contribution in [0.4, 0.5) is 5.69 Å². The highest BCUT2D eigenvalue weighted by atomic mass is 32.2. The minimum absolute atomic E-state index is 0.0451. The van der Waals surface area contributed by atoms with Crippen molar-refractivity contribution in [2.45, 2.75) is 31.1 Å². The number of amidine groups is 1. The number of hydrogen-bond donors (Lipinski definition) is 1. The van der Waals surface area contributed by atoms with E-state index in [9.17, 15) is 9.59 Å². The molecule has 1 N–H and O–H groups in total. The smallest absolute Gasteiger partial charge is 0.262 e. The van der Waals surface area contributed by atoms with Gasteiger partial charge in [0.15, 0.2) is 5.17 Å². The Morgan fingerprint density at radius 2 is 1.78 bits per heavy atom. The van der Waals surface area contributed by atoms with Gasteiger partial charge >= 0.3 is 0 Å². The van der Waals surface area contributed by atoms with Gasteiger partial charge in [-0.3, -0.25) is 9.59 Å². The maximum Gasteiger partial charge on any atom is 0.262 e. The van der Waals surface area contributed by atoms with E-state index in [-0.39, 0.29) is 24.3 Å². The number of aryl methyl sites for hydroxylation is 1. The topological polar surface area (TPSA) is 83.4 Å². The summed E-state index contributed by atoms with van der Waals surface area (Å²) in [5, 5.41) is 9.52. The fourth-order valence-corrected chi connectivity index (χ4v) is 5.26. The Balaban J connectivity index is 1.36. The number of aliphatic imine (C=N–C) groups is 1. The third-order valence-electron chi connectivity index (χ3n) is 6.15. The summed E-state index contributed by atoms with van der Waals surface area (Å²) in [4.78, 5) is 29.7. The first-order chi connectivity index (χ1) is 17.5. The first-order valence-electron chi connectivity index (χ1n) is 11.7. The highest BCUT2D eigenvalue weighted by molar-refractivity contribution is 8.15. The molecule has 2 amide bonds. The number of carbonyl (C=O) groups is 2. The number of hydrogen-bond acceptors (Lipinski definition) is 6. The quantitative estimate of drug-likeness (QED) is 0.506. The molecule has 2 heterocycles. The van der Waals surface area contributed by atoms with Gasteiger partial charge < -0.3 is 10.1 Å². The Hall–Kier alpha value is -3.91. The number of amides is 2. The summed E-state index contributed by atoms with van der Waals surface area (Å²) in [5.74, 6) is 0.249. The lowest BCUT2D eigenvalue weighted by molar-refractivity contribution is -0.121. The number of ether oxygens (including phenoxy) is 1. The van der Waals surface area contributed by atoms with E-state index in [2.05, 4.69) is 41.5 Å². The molecule has 0 spiro atoms. The molecular weight excluding hydrogens is 472 g/mol. The number of carbonyl (C=O) groups excluding carboxylic acids is 2. The summed E-state index contributed by atoms with van der Waals surface area (Å²) in [6.45, 7) is 2.05. The van der Waals surface area contributed by atoms with E-state index in [4.69, 9.17) is 9.84 Å². The van der Waals surface area contributed by atoms with Crippen LogP contribution in [0.25, 0.3) is 0 Å². The maximum atomic E-state index is 12.8. The first kappa shape index (κ1) is 23.8. The Labute approximate surface area is 214 Å². The van der Waals surface area contributed by atoms with E-state index in [1.54, 1.807) is 7.11 Å². The average Bonchev–Trinajstić information content (AvgIpc) is 3.49. The molecule has 7 nitrogen and oxygen atoms in total. The lowest BCUT2D eigenvalue weighted by atomic mass is 9.98. The summed E-state index contributed by atoms with van der Waals surface area (Å²) in [6.07, 6.45) is 0.714. The van der Waals surface area contributed by atoms with Crippen LogP contribution in [0.5, 0.6) is 5.75 Å². The first-order valence-corrected chi connectivity index (χ1v) is 12.6. The van der Waals surface area contributed by atoms with E-state index in [1.165, 1.54) is 17.3 Å². The van der Waals surface area contributed by atoms with Crippen LogP contribution >= 0.6 is 11.8 Å². The predicted octanol–water partition coefficient (Wildman–Crippen LogP) is 5.18. The highest BCUT2D eigenvalue weighted by Gasteiger charge is 2.39. The van der Waals surface area contributed by atoms with Crippen molar-refractivity contribution in [2.24, 2.45) is 10.1 Å². The summed E-state index contributed by atoms with van der Waals surface area (Å²) < 4.78 is 5.29. The number of hydrazone groups is 1. The summed E-state index contributed by atoms with van der Waals surface area (Å²) in [5.41, 5.74) is 4.86. The molecule has 0 saturated carbocycles. The number of anilines is 1. The lowest BCUT2D eigenvalue weighted by Crippen LogP contribution is -2.25. The molecule has 0 bridgehead atoms. The van der Waals surface area contributed by atoms with Gasteiger partial charge in [-0.2, -0.15) is 10.1 Å². The van der Waals surface area contributed by atoms with Gasteiger partial charge in [-0.05, 0) is 54.4 Å². The minimum Gasteiger partial charge on any atom is -0.497 e. The van der Waals surface area contributed by atoms with Crippen LogP contribution in [0.3, 0.4) is 0 Å². The van der Waals surface area contributed by atoms with E-state index in [0.717, 1.165) is 22.6 Å². The fourth-order valence-electron chi connectivity index (χ4n) is 4.20. The van der Waals surface area contributed by atoms with E-state index < -0.39 is 5.25 Å². The molecule has 3 aromatic rings. The van der Waals surface area contributed by atoms with Crippen molar-refractivity contribution in [3.05, 3.63) is 95.6 Å². The van der Waals surface area contributed by atoms with Crippen molar-refractivity contribution < 1.29 is 14.3 Å². The third kappa shape index (κ3) is 5.18. The Kier molecular flexibility index (Phi) is 6.86. The van der Waals surface area contributed by atoms with Crippen LogP contribution in [-0.4, -0.2) is 40.1 Å². The average molecular weight is 499 g/mol. The lowest BCUT2D eigenvalue weighted by Gasteiger charge is -2.23. The highest BCUT2D eigenvalue weighted by Crippen LogP contribution is 2.38. The second-order valence-electron chi connectivity index (χ2n) is 8.71. The van der Waals surface area contributed by atoms with Gasteiger partial charge in [-0.1, -0.05) is 59.8 Å². The van der Waals surface area contributed by atoms with Crippen molar-refractivity contribution >= 4 is 40.1 Å². The number of methoxy groups -OCH3 is 1. The number of benzene rings is 3. The number of thioether (sulfide) groups is 1. The normalized spacial score (nSPS) is 19.2. The zero-order chi connectivity index (χ0) is 25.1. The van der Waals surface area contributed by atoms with Crippen molar-refractivity contribution in [2.75, 3.05) is 12.4 Å². The van der Waals surface area contributed by atoms with Gasteiger partial charge in [0.25, 0.3) is 5.91 Å². The van der Waals surface area contributed by atoms with Gasteiger partial charge in [-0.25, -0.2) is 5.01 Å².